The van der Waals surface area contributed by atoms with Gasteiger partial charge in [0.1, 0.15) is 5.60 Å². The second kappa shape index (κ2) is 8.32. The molecule has 10 heteroatoms. The van der Waals surface area contributed by atoms with E-state index in [0.29, 0.717) is 54.8 Å². The van der Waals surface area contributed by atoms with Crippen LogP contribution in [0.25, 0.3) is 0 Å². The Morgan fingerprint density at radius 1 is 1.06 bits per heavy atom. The number of rotatable bonds is 0. The molecule has 1 aromatic rings. The smallest absolute Gasteiger partial charge is 0.416 e. The molecule has 184 valence electrons. The Kier molecular flexibility index (Phi) is 5.90. The Bertz CT molecular complexity index is 1090. The number of aryl methyl sites for hydroxylation is 1. The maximum atomic E-state index is 13.5. The van der Waals surface area contributed by atoms with E-state index in [1.165, 1.54) is 0 Å². The number of amidine groups is 2. The maximum absolute atomic E-state index is 13.5. The number of alkyl halides is 3. The molecule has 3 aliphatic rings. The third-order valence-corrected chi connectivity index (χ3v) is 6.05. The number of halogens is 3. The van der Waals surface area contributed by atoms with Crippen LogP contribution in [0.3, 0.4) is 0 Å². The molecule has 1 amide bonds. The Morgan fingerprint density at radius 3 is 2.29 bits per heavy atom. The van der Waals surface area contributed by atoms with Crippen LogP contribution in [0.15, 0.2) is 33.9 Å². The first-order chi connectivity index (χ1) is 15.7. The van der Waals surface area contributed by atoms with Gasteiger partial charge in [-0.2, -0.15) is 13.2 Å². The Morgan fingerprint density at radius 2 is 1.71 bits per heavy atom. The van der Waals surface area contributed by atoms with Crippen LogP contribution in [0.2, 0.25) is 0 Å². The monoisotopic (exact) mass is 477 g/mol. The second-order valence-corrected chi connectivity index (χ2v) is 9.92. The number of hydrogen-bond donors (Lipinski definition) is 0. The van der Waals surface area contributed by atoms with Crippen molar-refractivity contribution in [2.75, 3.05) is 31.1 Å². The summed E-state index contributed by atoms with van der Waals surface area (Å²) in [5.74, 6) is 1.13. The fourth-order valence-electron chi connectivity index (χ4n) is 4.12. The average molecular weight is 478 g/mol. The first kappa shape index (κ1) is 24.1. The van der Waals surface area contributed by atoms with Crippen molar-refractivity contribution in [2.24, 2.45) is 9.98 Å². The van der Waals surface area contributed by atoms with Crippen molar-refractivity contribution in [1.82, 2.24) is 9.80 Å². The molecule has 1 unspecified atom stereocenters. The number of carbonyl (C=O) groups excluding carboxylic acids is 1. The van der Waals surface area contributed by atoms with Crippen LogP contribution in [0, 0.1) is 6.92 Å². The highest BCUT2D eigenvalue weighted by atomic mass is 19.4. The van der Waals surface area contributed by atoms with Gasteiger partial charge in [-0.3, -0.25) is 9.89 Å². The van der Waals surface area contributed by atoms with Crippen LogP contribution in [0.4, 0.5) is 29.3 Å². The van der Waals surface area contributed by atoms with Gasteiger partial charge < -0.3 is 14.5 Å². The number of anilines is 1. The van der Waals surface area contributed by atoms with Gasteiger partial charge in [0.2, 0.25) is 0 Å². The molecule has 0 bridgehead atoms. The highest BCUT2D eigenvalue weighted by molar-refractivity contribution is 6.48. The molecule has 34 heavy (non-hydrogen) atoms. The van der Waals surface area contributed by atoms with Crippen molar-refractivity contribution >= 4 is 29.1 Å². The van der Waals surface area contributed by atoms with E-state index in [0.717, 1.165) is 17.7 Å². The molecule has 1 saturated heterocycles. The summed E-state index contributed by atoms with van der Waals surface area (Å²) in [5, 5.41) is 0. The zero-order valence-corrected chi connectivity index (χ0v) is 20.3. The predicted octanol–water partition coefficient (Wildman–Crippen LogP) is 5.12. The lowest BCUT2D eigenvalue weighted by Gasteiger charge is -2.41. The Hall–Kier alpha value is -3.04. The molecule has 3 aliphatic heterocycles. The Labute approximate surface area is 197 Å². The molecule has 0 radical (unpaired) electrons. The second-order valence-electron chi connectivity index (χ2n) is 9.92. The lowest BCUT2D eigenvalue weighted by molar-refractivity contribution is -0.137. The first-order valence-electron chi connectivity index (χ1n) is 11.3. The van der Waals surface area contributed by atoms with E-state index in [2.05, 4.69) is 0 Å². The molecule has 3 heterocycles. The number of ether oxygens (including phenoxy) is 1. The van der Waals surface area contributed by atoms with Crippen LogP contribution >= 0.6 is 0 Å². The summed E-state index contributed by atoms with van der Waals surface area (Å²) in [5.41, 5.74) is 0.968. The third kappa shape index (κ3) is 4.63. The SMILES string of the molecule is CC1=CN2C(=NC1C)C(N1CCN(C(=O)OC(C)(C)C)CC1)=Nc1c(C)cc(C(F)(F)F)cc12. The van der Waals surface area contributed by atoms with Crippen molar-refractivity contribution in [2.45, 2.75) is 59.4 Å². The Balaban J connectivity index is 1.68. The van der Waals surface area contributed by atoms with Crippen molar-refractivity contribution in [3.05, 3.63) is 35.0 Å². The van der Waals surface area contributed by atoms with Gasteiger partial charge in [0.15, 0.2) is 11.7 Å². The van der Waals surface area contributed by atoms with Crippen LogP contribution in [0.1, 0.15) is 45.7 Å². The van der Waals surface area contributed by atoms with E-state index >= 15 is 0 Å². The van der Waals surface area contributed by atoms with E-state index < -0.39 is 17.3 Å². The van der Waals surface area contributed by atoms with Gasteiger partial charge in [0, 0.05) is 32.4 Å². The van der Waals surface area contributed by atoms with Crippen LogP contribution in [0.5, 0.6) is 0 Å². The number of aliphatic imine (C=N–C) groups is 2. The molecule has 4 rings (SSSR count). The van der Waals surface area contributed by atoms with Crippen molar-refractivity contribution < 1.29 is 22.7 Å². The molecule has 0 spiro atoms. The number of carbonyl (C=O) groups is 1. The standard InChI is InChI=1S/C24H30F3N5O2/c1-14-11-17(24(25,26)27)12-18-19(14)29-20(21-28-16(3)15(2)13-32(18)21)30-7-9-31(10-8-30)22(33)34-23(4,5)6/h11-13,16H,7-10H2,1-6H3. The van der Waals surface area contributed by atoms with Gasteiger partial charge in [-0.25, -0.2) is 9.79 Å². The number of fused-ring (bicyclic) bond motifs is 3. The van der Waals surface area contributed by atoms with E-state index in [1.54, 1.807) is 16.7 Å². The lowest BCUT2D eigenvalue weighted by atomic mass is 10.0. The van der Waals surface area contributed by atoms with Gasteiger partial charge in [0.05, 0.1) is 23.0 Å². The number of benzene rings is 1. The summed E-state index contributed by atoms with van der Waals surface area (Å²) in [6.07, 6.45) is -2.97. The number of nitrogens with zero attached hydrogens (tertiary/aromatic N) is 5. The average Bonchev–Trinajstić information content (AvgIpc) is 2.72. The highest BCUT2D eigenvalue weighted by Crippen LogP contribution is 2.43. The zero-order chi connectivity index (χ0) is 25.0. The summed E-state index contributed by atoms with van der Waals surface area (Å²) in [4.78, 5) is 27.4. The number of amides is 1. The highest BCUT2D eigenvalue weighted by Gasteiger charge is 2.38. The van der Waals surface area contributed by atoms with Crippen LogP contribution in [-0.4, -0.2) is 65.4 Å². The molecule has 7 nitrogen and oxygen atoms in total. The van der Waals surface area contributed by atoms with E-state index in [9.17, 15) is 18.0 Å². The van der Waals surface area contributed by atoms with Crippen molar-refractivity contribution in [3.63, 3.8) is 0 Å². The van der Waals surface area contributed by atoms with Crippen molar-refractivity contribution in [1.29, 1.82) is 0 Å². The summed E-state index contributed by atoms with van der Waals surface area (Å²) in [7, 11) is 0. The van der Waals surface area contributed by atoms with Crippen LogP contribution < -0.4 is 4.90 Å². The number of hydrogen-bond acceptors (Lipinski definition) is 6. The molecule has 1 atom stereocenters. The quantitative estimate of drug-likeness (QED) is 0.520. The summed E-state index contributed by atoms with van der Waals surface area (Å²) >= 11 is 0. The molecular formula is C24H30F3N5O2. The van der Waals surface area contributed by atoms with Crippen molar-refractivity contribution in [3.8, 4) is 0 Å². The maximum Gasteiger partial charge on any atom is 0.416 e. The van der Waals surface area contributed by atoms with E-state index in [1.807, 2.05) is 45.7 Å². The molecule has 1 aromatic carbocycles. The fraction of sp³-hybridized carbons (Fsp3) is 0.542. The fourth-order valence-corrected chi connectivity index (χ4v) is 4.12. The molecular weight excluding hydrogens is 447 g/mol. The lowest BCUT2D eigenvalue weighted by Crippen LogP contribution is -2.55. The molecule has 0 N–H and O–H groups in total. The molecule has 1 fully saturated rings. The van der Waals surface area contributed by atoms with E-state index in [-0.39, 0.29) is 12.1 Å². The summed E-state index contributed by atoms with van der Waals surface area (Å²) < 4.78 is 46.0. The van der Waals surface area contributed by atoms with Gasteiger partial charge in [0.25, 0.3) is 0 Å². The number of piperazine rings is 1. The third-order valence-electron chi connectivity index (χ3n) is 6.05. The van der Waals surface area contributed by atoms with Gasteiger partial charge >= 0.3 is 12.3 Å². The molecule has 0 aliphatic carbocycles. The molecule has 0 saturated carbocycles. The predicted molar refractivity (Wildman–Crippen MR) is 126 cm³/mol. The summed E-state index contributed by atoms with van der Waals surface area (Å²) in [6, 6.07) is 2.15. The van der Waals surface area contributed by atoms with Gasteiger partial charge in [-0.1, -0.05) is 0 Å². The first-order valence-corrected chi connectivity index (χ1v) is 11.3. The van der Waals surface area contributed by atoms with Gasteiger partial charge in [-0.05, 0) is 64.8 Å². The van der Waals surface area contributed by atoms with Crippen LogP contribution in [-0.2, 0) is 10.9 Å². The minimum atomic E-state index is -4.46. The topological polar surface area (TPSA) is 60.7 Å². The minimum absolute atomic E-state index is 0.118. The zero-order valence-electron chi connectivity index (χ0n) is 20.3. The normalized spacial score (nSPS) is 20.8. The van der Waals surface area contributed by atoms with Gasteiger partial charge in [-0.15, -0.1) is 0 Å². The van der Waals surface area contributed by atoms with E-state index in [4.69, 9.17) is 14.7 Å². The largest absolute Gasteiger partial charge is 0.444 e. The minimum Gasteiger partial charge on any atom is -0.444 e. The molecule has 0 aromatic heterocycles. The summed E-state index contributed by atoms with van der Waals surface area (Å²) in [6.45, 7) is 12.9.